The molecule has 5 nitrogen and oxygen atoms in total. The summed E-state index contributed by atoms with van der Waals surface area (Å²) in [5.41, 5.74) is 1.31. The maximum atomic E-state index is 14.0. The summed E-state index contributed by atoms with van der Waals surface area (Å²) in [7, 11) is 0. The van der Waals surface area contributed by atoms with Crippen molar-refractivity contribution >= 4 is 11.8 Å². The lowest BCUT2D eigenvalue weighted by Gasteiger charge is -2.51. The van der Waals surface area contributed by atoms with Crippen LogP contribution in [0.3, 0.4) is 0 Å². The molecule has 1 aliphatic carbocycles. The van der Waals surface area contributed by atoms with Gasteiger partial charge in [-0.1, -0.05) is 51.3 Å². The number of hydrogen-bond acceptors (Lipinski definition) is 3. The number of nitrogens with zero attached hydrogens (tertiary/aromatic N) is 2. The third-order valence-electron chi connectivity index (χ3n) is 8.87. The van der Waals surface area contributed by atoms with E-state index in [-0.39, 0.29) is 23.3 Å². The molecule has 2 amide bonds. The summed E-state index contributed by atoms with van der Waals surface area (Å²) in [5.74, 6) is 0.919. The molecular formula is C28H41N3O2. The Morgan fingerprint density at radius 3 is 2.61 bits per heavy atom. The minimum absolute atomic E-state index is 0.121. The van der Waals surface area contributed by atoms with Gasteiger partial charge >= 0.3 is 0 Å². The topological polar surface area (TPSA) is 52.7 Å². The molecule has 1 aromatic carbocycles. The lowest BCUT2D eigenvalue weighted by Crippen LogP contribution is -2.61. The molecule has 3 aliphatic heterocycles. The van der Waals surface area contributed by atoms with Crippen molar-refractivity contribution in [3.05, 3.63) is 35.4 Å². The van der Waals surface area contributed by atoms with Gasteiger partial charge in [0.25, 0.3) is 5.91 Å². The van der Waals surface area contributed by atoms with Crippen LogP contribution in [-0.2, 0) is 4.79 Å². The van der Waals surface area contributed by atoms with Gasteiger partial charge in [-0.15, -0.1) is 0 Å². The van der Waals surface area contributed by atoms with Crippen LogP contribution in [0.15, 0.2) is 24.3 Å². The first-order valence-electron chi connectivity index (χ1n) is 13.4. The van der Waals surface area contributed by atoms with Crippen molar-refractivity contribution < 1.29 is 9.59 Å². The average molecular weight is 452 g/mol. The summed E-state index contributed by atoms with van der Waals surface area (Å²) >= 11 is 0. The first-order chi connectivity index (χ1) is 16.0. The quantitative estimate of drug-likeness (QED) is 0.713. The SMILES string of the molecule is CC(C)CN1C(=O)c2ccccc2[C@H](C(=O)NC[C@@H]2CCCN3CCCC[C@H]23)C12CCCC2. The van der Waals surface area contributed by atoms with E-state index in [1.807, 2.05) is 24.3 Å². The van der Waals surface area contributed by atoms with E-state index in [1.165, 1.54) is 45.2 Å². The van der Waals surface area contributed by atoms with Gasteiger partial charge in [-0.2, -0.15) is 0 Å². The highest BCUT2D eigenvalue weighted by Gasteiger charge is 2.55. The molecule has 3 heterocycles. The van der Waals surface area contributed by atoms with Gasteiger partial charge in [0, 0.05) is 24.7 Å². The minimum Gasteiger partial charge on any atom is -0.355 e. The van der Waals surface area contributed by atoms with Gasteiger partial charge in [-0.05, 0) is 75.1 Å². The first-order valence-corrected chi connectivity index (χ1v) is 13.4. The molecule has 2 saturated heterocycles. The Bertz CT molecular complexity index is 874. The Labute approximate surface area is 199 Å². The standard InChI is InChI=1S/C28H41N3O2/c1-20(2)19-31-27(33)23-12-4-3-11-22(23)25(28(31)14-6-7-15-28)26(32)29-18-21-10-9-17-30-16-8-5-13-24(21)30/h3-4,11-12,20-21,24-25H,5-10,13-19H2,1-2H3,(H,29,32)/t21-,24+,25+/m0/s1. The van der Waals surface area contributed by atoms with Gasteiger partial charge in [0.15, 0.2) is 0 Å². The summed E-state index contributed by atoms with van der Waals surface area (Å²) in [6.45, 7) is 8.28. The second-order valence-electron chi connectivity index (χ2n) is 11.4. The highest BCUT2D eigenvalue weighted by atomic mass is 16.2. The summed E-state index contributed by atoms with van der Waals surface area (Å²) in [4.78, 5) is 32.4. The predicted octanol–water partition coefficient (Wildman–Crippen LogP) is 4.58. The van der Waals surface area contributed by atoms with Gasteiger partial charge in [0.1, 0.15) is 0 Å². The van der Waals surface area contributed by atoms with Crippen molar-refractivity contribution in [2.45, 2.75) is 89.1 Å². The molecule has 5 rings (SSSR count). The number of rotatable bonds is 5. The average Bonchev–Trinajstić information content (AvgIpc) is 3.30. The zero-order valence-corrected chi connectivity index (χ0v) is 20.5. The highest BCUT2D eigenvalue weighted by molar-refractivity contribution is 6.02. The summed E-state index contributed by atoms with van der Waals surface area (Å²) in [5, 5.41) is 3.43. The van der Waals surface area contributed by atoms with E-state index >= 15 is 0 Å². The molecule has 5 heteroatoms. The zero-order chi connectivity index (χ0) is 23.0. The smallest absolute Gasteiger partial charge is 0.254 e. The van der Waals surface area contributed by atoms with Crippen molar-refractivity contribution in [3.63, 3.8) is 0 Å². The fourth-order valence-electron chi connectivity index (χ4n) is 7.45. The molecule has 1 saturated carbocycles. The van der Waals surface area contributed by atoms with Crippen LogP contribution in [-0.4, -0.2) is 59.4 Å². The molecule has 0 bridgehead atoms. The number of fused-ring (bicyclic) bond motifs is 2. The number of carbonyl (C=O) groups excluding carboxylic acids is 2. The number of carbonyl (C=O) groups is 2. The minimum atomic E-state index is -0.372. The van der Waals surface area contributed by atoms with Crippen molar-refractivity contribution in [1.82, 2.24) is 15.1 Å². The number of hydrogen-bond donors (Lipinski definition) is 1. The van der Waals surface area contributed by atoms with Crippen LogP contribution in [0.2, 0.25) is 0 Å². The third-order valence-corrected chi connectivity index (χ3v) is 8.87. The Hall–Kier alpha value is -1.88. The van der Waals surface area contributed by atoms with Crippen LogP contribution in [0, 0.1) is 11.8 Å². The normalized spacial score (nSPS) is 29.2. The van der Waals surface area contributed by atoms with Crippen LogP contribution in [0.25, 0.3) is 0 Å². The summed E-state index contributed by atoms with van der Waals surface area (Å²) < 4.78 is 0. The number of nitrogens with one attached hydrogen (secondary N) is 1. The predicted molar refractivity (Wildman–Crippen MR) is 131 cm³/mol. The molecule has 4 aliphatic rings. The lowest BCUT2D eigenvalue weighted by molar-refractivity contribution is -0.127. The van der Waals surface area contributed by atoms with Crippen LogP contribution >= 0.6 is 0 Å². The second kappa shape index (κ2) is 9.40. The Balaban J connectivity index is 1.42. The third kappa shape index (κ3) is 4.11. The Morgan fingerprint density at radius 1 is 1.06 bits per heavy atom. The number of piperidine rings is 2. The molecule has 1 N–H and O–H groups in total. The molecule has 1 spiro atoms. The van der Waals surface area contributed by atoms with E-state index < -0.39 is 0 Å². The van der Waals surface area contributed by atoms with Gasteiger partial charge < -0.3 is 15.1 Å². The van der Waals surface area contributed by atoms with Crippen molar-refractivity contribution in [3.8, 4) is 0 Å². The largest absolute Gasteiger partial charge is 0.355 e. The molecule has 1 aromatic rings. The summed E-state index contributed by atoms with van der Waals surface area (Å²) in [6, 6.07) is 8.52. The van der Waals surface area contributed by atoms with E-state index in [2.05, 4.69) is 29.0 Å². The number of benzene rings is 1. The fraction of sp³-hybridized carbons (Fsp3) is 0.714. The lowest BCUT2D eigenvalue weighted by atomic mass is 9.70. The van der Waals surface area contributed by atoms with Gasteiger partial charge in [0.05, 0.1) is 11.5 Å². The first kappa shape index (κ1) is 22.9. The fourth-order valence-corrected chi connectivity index (χ4v) is 7.45. The van der Waals surface area contributed by atoms with Crippen molar-refractivity contribution in [2.24, 2.45) is 11.8 Å². The molecular weight excluding hydrogens is 410 g/mol. The van der Waals surface area contributed by atoms with Crippen LogP contribution in [0.5, 0.6) is 0 Å². The van der Waals surface area contributed by atoms with E-state index in [0.29, 0.717) is 17.9 Å². The maximum absolute atomic E-state index is 14.0. The Morgan fingerprint density at radius 2 is 1.82 bits per heavy atom. The molecule has 33 heavy (non-hydrogen) atoms. The van der Waals surface area contributed by atoms with Crippen LogP contribution < -0.4 is 5.32 Å². The zero-order valence-electron chi connectivity index (χ0n) is 20.5. The molecule has 0 aromatic heterocycles. The van der Waals surface area contributed by atoms with Gasteiger partial charge in [0.2, 0.25) is 5.91 Å². The second-order valence-corrected chi connectivity index (χ2v) is 11.4. The van der Waals surface area contributed by atoms with Crippen molar-refractivity contribution in [1.29, 1.82) is 0 Å². The van der Waals surface area contributed by atoms with E-state index in [1.54, 1.807) is 0 Å². The van der Waals surface area contributed by atoms with E-state index in [9.17, 15) is 9.59 Å². The molecule has 0 unspecified atom stereocenters. The van der Waals surface area contributed by atoms with Gasteiger partial charge in [-0.25, -0.2) is 0 Å². The maximum Gasteiger partial charge on any atom is 0.254 e. The van der Waals surface area contributed by atoms with Crippen molar-refractivity contribution in [2.75, 3.05) is 26.2 Å². The molecule has 3 fully saturated rings. The van der Waals surface area contributed by atoms with Crippen LogP contribution in [0.1, 0.15) is 93.5 Å². The Kier molecular flexibility index (Phi) is 6.52. The molecule has 0 radical (unpaired) electrons. The number of amides is 2. The van der Waals surface area contributed by atoms with E-state index in [4.69, 9.17) is 0 Å². The highest BCUT2D eigenvalue weighted by Crippen LogP contribution is 2.50. The van der Waals surface area contributed by atoms with Crippen LogP contribution in [0.4, 0.5) is 0 Å². The van der Waals surface area contributed by atoms with E-state index in [0.717, 1.165) is 49.9 Å². The summed E-state index contributed by atoms with van der Waals surface area (Å²) in [6.07, 6.45) is 10.4. The monoisotopic (exact) mass is 451 g/mol. The van der Waals surface area contributed by atoms with Gasteiger partial charge in [-0.3, -0.25) is 9.59 Å². The molecule has 3 atom stereocenters. The molecule has 180 valence electrons.